The van der Waals surface area contributed by atoms with Crippen LogP contribution in [0.4, 0.5) is 0 Å². The van der Waals surface area contributed by atoms with Crippen LogP contribution in [0.5, 0.6) is 0 Å². The highest BCUT2D eigenvalue weighted by atomic mass is 16.5. The lowest BCUT2D eigenvalue weighted by Crippen LogP contribution is -2.65. The van der Waals surface area contributed by atoms with Gasteiger partial charge in [0.05, 0.1) is 17.4 Å². The van der Waals surface area contributed by atoms with Crippen molar-refractivity contribution in [3.05, 3.63) is 22.9 Å². The Morgan fingerprint density at radius 1 is 1.02 bits per heavy atom. The number of ketones is 1. The normalized spacial score (nSPS) is 38.3. The largest absolute Gasteiger partial charge is 0.481 e. The molecule has 0 radical (unpaired) electrons. The third kappa shape index (κ3) is 5.23. The number of nitrogens with one attached hydrogen (secondary N) is 1. The Balaban J connectivity index is 1.33. The second kappa shape index (κ2) is 11.5. The zero-order chi connectivity index (χ0) is 36.1. The second-order valence-electron chi connectivity index (χ2n) is 18.6. The van der Waals surface area contributed by atoms with E-state index in [4.69, 9.17) is 9.26 Å². The molecule has 5 aliphatic rings. The molecule has 1 amide bonds. The number of Topliss-reactive ketones (excluding diaryl/α,β-unsaturated/α-hetero) is 1. The molecule has 6 rings (SSSR count). The number of rotatable bonds is 7. The minimum absolute atomic E-state index is 0.0170. The van der Waals surface area contributed by atoms with E-state index in [1.54, 1.807) is 20.8 Å². The molecule has 1 aromatic heterocycles. The lowest BCUT2D eigenvalue weighted by atomic mass is 9.34. The Hall–Kier alpha value is -3.04. The Labute approximate surface area is 291 Å². The molecule has 49 heavy (non-hydrogen) atoms. The molecule has 10 nitrogen and oxygen atoms in total. The molecule has 0 saturated heterocycles. The number of carboxylic acid groups (broad SMARTS) is 1. The van der Waals surface area contributed by atoms with E-state index in [9.17, 15) is 24.3 Å². The van der Waals surface area contributed by atoms with Crippen molar-refractivity contribution in [2.24, 2.45) is 50.7 Å². The van der Waals surface area contributed by atoms with Crippen LogP contribution < -0.4 is 5.32 Å². The highest BCUT2D eigenvalue weighted by Crippen LogP contribution is 2.75. The van der Waals surface area contributed by atoms with Gasteiger partial charge in [-0.2, -0.15) is 4.98 Å². The van der Waals surface area contributed by atoms with Crippen molar-refractivity contribution in [1.29, 1.82) is 0 Å². The number of nitrogens with zero attached hydrogens (tertiary/aromatic N) is 2. The number of hydrogen-bond acceptors (Lipinski definition) is 8. The SMILES string of the molecule is Cc1noc(C(=O)N[C@@]23CC[C@]4(C)C(=C2C(C(C)C)C(=O)C3)CCC2[C@@]3(C)CC[C@H](OC(=O)CC(C)(C)C(=O)O)C(C)(C)C3CC[C@]24C)n1. The Morgan fingerprint density at radius 2 is 1.71 bits per heavy atom. The molecule has 1 aromatic rings. The van der Waals surface area contributed by atoms with Crippen molar-refractivity contribution >= 4 is 23.6 Å². The fourth-order valence-corrected chi connectivity index (χ4v) is 12.1. The van der Waals surface area contributed by atoms with Gasteiger partial charge in [0.1, 0.15) is 11.9 Å². The van der Waals surface area contributed by atoms with E-state index in [1.165, 1.54) is 5.57 Å². The molecule has 8 atom stereocenters. The summed E-state index contributed by atoms with van der Waals surface area (Å²) in [6.07, 6.45) is 7.09. The predicted molar refractivity (Wildman–Crippen MR) is 182 cm³/mol. The first-order valence-corrected chi connectivity index (χ1v) is 18.5. The van der Waals surface area contributed by atoms with Crippen LogP contribution in [-0.4, -0.2) is 50.5 Å². The smallest absolute Gasteiger partial charge is 0.315 e. The van der Waals surface area contributed by atoms with Crippen molar-refractivity contribution in [2.45, 2.75) is 145 Å². The lowest BCUT2D eigenvalue weighted by molar-refractivity contribution is -0.214. The molecule has 1 heterocycles. The Kier molecular flexibility index (Phi) is 8.39. The molecule has 4 saturated carbocycles. The van der Waals surface area contributed by atoms with Crippen LogP contribution in [0.2, 0.25) is 0 Å². The highest BCUT2D eigenvalue weighted by molar-refractivity contribution is 5.95. The van der Waals surface area contributed by atoms with Gasteiger partial charge in [-0.1, -0.05) is 59.2 Å². The van der Waals surface area contributed by atoms with Crippen LogP contribution in [0.15, 0.2) is 15.7 Å². The summed E-state index contributed by atoms with van der Waals surface area (Å²) in [6.45, 7) is 21.0. The number of aliphatic carboxylic acids is 1. The van der Waals surface area contributed by atoms with Gasteiger partial charge in [0, 0.05) is 17.8 Å². The van der Waals surface area contributed by atoms with Crippen LogP contribution >= 0.6 is 0 Å². The number of ether oxygens (including phenoxy) is 1. The minimum atomic E-state index is -1.17. The Morgan fingerprint density at radius 3 is 2.33 bits per heavy atom. The first kappa shape index (κ1) is 35.8. The lowest BCUT2D eigenvalue weighted by Gasteiger charge is -2.70. The fourth-order valence-electron chi connectivity index (χ4n) is 12.1. The van der Waals surface area contributed by atoms with Gasteiger partial charge in [-0.15, -0.1) is 0 Å². The maximum Gasteiger partial charge on any atom is 0.315 e. The van der Waals surface area contributed by atoms with E-state index in [1.807, 2.05) is 0 Å². The van der Waals surface area contributed by atoms with E-state index in [0.29, 0.717) is 30.5 Å². The summed E-state index contributed by atoms with van der Waals surface area (Å²) in [5.41, 5.74) is 0.220. The summed E-state index contributed by atoms with van der Waals surface area (Å²) in [5, 5.41) is 16.7. The molecule has 0 bridgehead atoms. The quantitative estimate of drug-likeness (QED) is 0.224. The molecule has 4 fully saturated rings. The maximum absolute atomic E-state index is 13.9. The van der Waals surface area contributed by atoms with Crippen LogP contribution in [-0.2, 0) is 19.1 Å². The molecule has 5 aliphatic carbocycles. The van der Waals surface area contributed by atoms with Gasteiger partial charge in [-0.3, -0.25) is 19.2 Å². The molecular formula is C39H57N3O7. The van der Waals surface area contributed by atoms with E-state index in [-0.39, 0.29) is 57.7 Å². The van der Waals surface area contributed by atoms with E-state index < -0.39 is 28.8 Å². The standard InChI is InChI=1S/C39H57N3O7/c1-21(2)29-24(43)19-39(41-31(45)32-40-22(3)42-49-32)18-17-37(9)23(30(29)39)11-12-26-36(8)15-14-27(48-28(44)20-34(4,5)33(46)47)35(6,7)25(36)13-16-38(26,37)10/h21,25-27,29H,11-20H2,1-10H3,(H,41,45)(H,46,47)/t25?,26?,27-,29?,36-,37+,38+,39+/m0/s1. The third-order valence-electron chi connectivity index (χ3n) is 14.8. The van der Waals surface area contributed by atoms with Gasteiger partial charge in [0.25, 0.3) is 0 Å². The number of aromatic nitrogens is 2. The number of esters is 1. The molecule has 3 unspecified atom stereocenters. The first-order chi connectivity index (χ1) is 22.6. The first-order valence-electron chi connectivity index (χ1n) is 18.5. The summed E-state index contributed by atoms with van der Waals surface area (Å²) in [4.78, 5) is 56.3. The number of carboxylic acids is 1. The van der Waals surface area contributed by atoms with Crippen LogP contribution in [0.25, 0.3) is 0 Å². The second-order valence-corrected chi connectivity index (χ2v) is 18.6. The topological polar surface area (TPSA) is 149 Å². The maximum atomic E-state index is 13.9. The monoisotopic (exact) mass is 679 g/mol. The number of fused-ring (bicyclic) bond motifs is 6. The molecule has 0 aliphatic heterocycles. The molecule has 270 valence electrons. The molecule has 0 spiro atoms. The van der Waals surface area contributed by atoms with E-state index in [0.717, 1.165) is 50.5 Å². The van der Waals surface area contributed by atoms with Crippen molar-refractivity contribution in [3.8, 4) is 0 Å². The minimum Gasteiger partial charge on any atom is -0.481 e. The van der Waals surface area contributed by atoms with Gasteiger partial charge in [-0.25, -0.2) is 0 Å². The van der Waals surface area contributed by atoms with Crippen molar-refractivity contribution in [2.75, 3.05) is 0 Å². The number of aryl methyl sites for hydroxylation is 1. The van der Waals surface area contributed by atoms with E-state index in [2.05, 4.69) is 63.9 Å². The number of carbonyl (C=O) groups excluding carboxylic acids is 3. The summed E-state index contributed by atoms with van der Waals surface area (Å²) >= 11 is 0. The number of hydrogen-bond donors (Lipinski definition) is 2. The number of carbonyl (C=O) groups is 4. The van der Waals surface area contributed by atoms with Crippen LogP contribution in [0.3, 0.4) is 0 Å². The summed E-state index contributed by atoms with van der Waals surface area (Å²) in [5.74, 6) is -0.672. The average molecular weight is 680 g/mol. The van der Waals surface area contributed by atoms with Gasteiger partial charge in [0.2, 0.25) is 0 Å². The third-order valence-corrected chi connectivity index (χ3v) is 14.8. The predicted octanol–water partition coefficient (Wildman–Crippen LogP) is 7.25. The summed E-state index contributed by atoms with van der Waals surface area (Å²) in [7, 11) is 0. The van der Waals surface area contributed by atoms with Gasteiger partial charge in [-0.05, 0) is 112 Å². The van der Waals surface area contributed by atoms with Crippen LogP contribution in [0.1, 0.15) is 143 Å². The summed E-state index contributed by atoms with van der Waals surface area (Å²) < 4.78 is 11.4. The van der Waals surface area contributed by atoms with Crippen molar-refractivity contribution in [1.82, 2.24) is 15.5 Å². The highest BCUT2D eigenvalue weighted by Gasteiger charge is 2.69. The van der Waals surface area contributed by atoms with Crippen molar-refractivity contribution in [3.63, 3.8) is 0 Å². The Bertz CT molecular complexity index is 1610. The van der Waals surface area contributed by atoms with Crippen molar-refractivity contribution < 1.29 is 33.5 Å². The van der Waals surface area contributed by atoms with Gasteiger partial charge >= 0.3 is 23.7 Å². The van der Waals surface area contributed by atoms with E-state index >= 15 is 0 Å². The molecule has 10 heteroatoms. The average Bonchev–Trinajstić information content (AvgIpc) is 3.55. The van der Waals surface area contributed by atoms with Gasteiger partial charge < -0.3 is 19.7 Å². The number of allylic oxidation sites excluding steroid dienone is 1. The number of amides is 1. The molecular weight excluding hydrogens is 622 g/mol. The summed E-state index contributed by atoms with van der Waals surface area (Å²) in [6, 6.07) is 0. The van der Waals surface area contributed by atoms with Gasteiger partial charge in [0.15, 0.2) is 5.82 Å². The zero-order valence-corrected chi connectivity index (χ0v) is 31.2. The molecule has 2 N–H and O–H groups in total. The molecule has 0 aromatic carbocycles. The fraction of sp³-hybridized carbons (Fsp3) is 0.795. The zero-order valence-electron chi connectivity index (χ0n) is 31.2. The van der Waals surface area contributed by atoms with Crippen LogP contribution in [0, 0.1) is 57.7 Å².